The highest BCUT2D eigenvalue weighted by atomic mass is 32.1. The standard InChI is InChI=1S/C19H25N3O2S/c1-13-2-3-16-17(12-13)25-19(21-16)22-8-4-14(5-9-22)18(23)20-15-6-10-24-11-7-15/h2-3,12,14-15H,4-11H2,1H3,(H,20,23). The van der Waals surface area contributed by atoms with Crippen LogP contribution in [0, 0.1) is 12.8 Å². The van der Waals surface area contributed by atoms with Crippen molar-refractivity contribution in [1.29, 1.82) is 0 Å². The smallest absolute Gasteiger partial charge is 0.223 e. The fraction of sp³-hybridized carbons (Fsp3) is 0.579. The quantitative estimate of drug-likeness (QED) is 0.915. The fourth-order valence-electron chi connectivity index (χ4n) is 3.65. The van der Waals surface area contributed by atoms with Crippen molar-refractivity contribution < 1.29 is 9.53 Å². The van der Waals surface area contributed by atoms with E-state index < -0.39 is 0 Å². The van der Waals surface area contributed by atoms with Crippen LogP contribution in [0.15, 0.2) is 18.2 Å². The molecule has 25 heavy (non-hydrogen) atoms. The molecule has 0 radical (unpaired) electrons. The van der Waals surface area contributed by atoms with E-state index in [4.69, 9.17) is 9.72 Å². The lowest BCUT2D eigenvalue weighted by Gasteiger charge is -2.32. The normalized spacial score (nSPS) is 20.1. The zero-order valence-corrected chi connectivity index (χ0v) is 15.5. The molecule has 1 aromatic heterocycles. The molecule has 1 amide bonds. The Kier molecular flexibility index (Phi) is 4.90. The molecule has 2 aliphatic rings. The van der Waals surface area contributed by atoms with E-state index in [1.807, 2.05) is 0 Å². The summed E-state index contributed by atoms with van der Waals surface area (Å²) < 4.78 is 6.60. The molecule has 5 nitrogen and oxygen atoms in total. The van der Waals surface area contributed by atoms with E-state index in [-0.39, 0.29) is 11.8 Å². The molecule has 0 bridgehead atoms. The van der Waals surface area contributed by atoms with Crippen LogP contribution in [0.3, 0.4) is 0 Å². The molecule has 4 rings (SSSR count). The molecule has 0 atom stereocenters. The number of thiazole rings is 1. The van der Waals surface area contributed by atoms with Gasteiger partial charge in [-0.3, -0.25) is 4.79 Å². The molecule has 2 aromatic rings. The largest absolute Gasteiger partial charge is 0.381 e. The number of anilines is 1. The van der Waals surface area contributed by atoms with Crippen LogP contribution in [0.5, 0.6) is 0 Å². The van der Waals surface area contributed by atoms with Crippen molar-refractivity contribution in [3.05, 3.63) is 23.8 Å². The second-order valence-electron chi connectivity index (χ2n) is 7.12. The van der Waals surface area contributed by atoms with Gasteiger partial charge in [0.05, 0.1) is 10.2 Å². The van der Waals surface area contributed by atoms with Gasteiger partial charge in [-0.15, -0.1) is 0 Å². The third-order valence-corrected chi connectivity index (χ3v) is 6.32. The Morgan fingerprint density at radius 3 is 2.76 bits per heavy atom. The number of benzene rings is 1. The first-order valence-corrected chi connectivity index (χ1v) is 10.0. The van der Waals surface area contributed by atoms with Crippen LogP contribution in [0.1, 0.15) is 31.2 Å². The van der Waals surface area contributed by atoms with Crippen LogP contribution in [0.25, 0.3) is 10.2 Å². The van der Waals surface area contributed by atoms with Gasteiger partial charge >= 0.3 is 0 Å². The molecule has 0 spiro atoms. The van der Waals surface area contributed by atoms with Crippen molar-refractivity contribution in [1.82, 2.24) is 10.3 Å². The van der Waals surface area contributed by atoms with Crippen molar-refractivity contribution in [2.75, 3.05) is 31.2 Å². The van der Waals surface area contributed by atoms with Crippen LogP contribution in [0.4, 0.5) is 5.13 Å². The topological polar surface area (TPSA) is 54.5 Å². The first-order valence-electron chi connectivity index (χ1n) is 9.19. The summed E-state index contributed by atoms with van der Waals surface area (Å²) in [4.78, 5) is 19.6. The molecule has 0 unspecified atom stereocenters. The van der Waals surface area contributed by atoms with Crippen LogP contribution in [0.2, 0.25) is 0 Å². The van der Waals surface area contributed by atoms with Crippen molar-refractivity contribution in [3.63, 3.8) is 0 Å². The van der Waals surface area contributed by atoms with Gasteiger partial charge in [0, 0.05) is 38.3 Å². The lowest BCUT2D eigenvalue weighted by atomic mass is 9.95. The summed E-state index contributed by atoms with van der Waals surface area (Å²) in [6, 6.07) is 6.70. The molecule has 3 heterocycles. The first-order chi connectivity index (χ1) is 12.2. The Balaban J connectivity index is 1.34. The van der Waals surface area contributed by atoms with E-state index in [9.17, 15) is 4.79 Å². The average molecular weight is 359 g/mol. The Morgan fingerprint density at radius 2 is 2.00 bits per heavy atom. The first kappa shape index (κ1) is 16.8. The van der Waals surface area contributed by atoms with Crippen molar-refractivity contribution in [3.8, 4) is 0 Å². The minimum Gasteiger partial charge on any atom is -0.381 e. The fourth-order valence-corrected chi connectivity index (χ4v) is 4.76. The van der Waals surface area contributed by atoms with E-state index >= 15 is 0 Å². The molecule has 134 valence electrons. The number of rotatable bonds is 3. The van der Waals surface area contributed by atoms with Crippen LogP contribution in [-0.4, -0.2) is 43.2 Å². The van der Waals surface area contributed by atoms with E-state index in [0.29, 0.717) is 6.04 Å². The lowest BCUT2D eigenvalue weighted by Crippen LogP contribution is -2.45. The Morgan fingerprint density at radius 1 is 1.24 bits per heavy atom. The van der Waals surface area contributed by atoms with Gasteiger partial charge in [0.1, 0.15) is 0 Å². The summed E-state index contributed by atoms with van der Waals surface area (Å²) in [6.07, 6.45) is 3.69. The van der Waals surface area contributed by atoms with Gasteiger partial charge < -0.3 is 15.0 Å². The SMILES string of the molecule is Cc1ccc2nc(N3CCC(C(=O)NC4CCOCC4)CC3)sc2c1. The van der Waals surface area contributed by atoms with Gasteiger partial charge in [-0.25, -0.2) is 4.98 Å². The van der Waals surface area contributed by atoms with Crippen molar-refractivity contribution in [2.45, 2.75) is 38.6 Å². The highest BCUT2D eigenvalue weighted by molar-refractivity contribution is 7.22. The van der Waals surface area contributed by atoms with Crippen LogP contribution < -0.4 is 10.2 Å². The van der Waals surface area contributed by atoms with Crippen molar-refractivity contribution >= 4 is 32.6 Å². The molecule has 2 saturated heterocycles. The third-order valence-electron chi connectivity index (χ3n) is 5.24. The number of nitrogens with one attached hydrogen (secondary N) is 1. The van der Waals surface area contributed by atoms with Gasteiger partial charge in [0.25, 0.3) is 0 Å². The molecule has 2 aliphatic heterocycles. The predicted molar refractivity (Wildman–Crippen MR) is 101 cm³/mol. The van der Waals surface area contributed by atoms with Gasteiger partial charge in [0.2, 0.25) is 5.91 Å². The van der Waals surface area contributed by atoms with E-state index in [0.717, 1.165) is 62.6 Å². The van der Waals surface area contributed by atoms with Crippen molar-refractivity contribution in [2.24, 2.45) is 5.92 Å². The second-order valence-corrected chi connectivity index (χ2v) is 8.13. The predicted octanol–water partition coefficient (Wildman–Crippen LogP) is 3.12. The highest BCUT2D eigenvalue weighted by Gasteiger charge is 2.28. The maximum Gasteiger partial charge on any atom is 0.223 e. The number of fused-ring (bicyclic) bond motifs is 1. The number of hydrogen-bond acceptors (Lipinski definition) is 5. The molecular weight excluding hydrogens is 334 g/mol. The number of carbonyl (C=O) groups excluding carboxylic acids is 1. The van der Waals surface area contributed by atoms with Crippen LogP contribution in [-0.2, 0) is 9.53 Å². The number of ether oxygens (including phenoxy) is 1. The lowest BCUT2D eigenvalue weighted by molar-refractivity contribution is -0.126. The number of aryl methyl sites for hydroxylation is 1. The summed E-state index contributed by atoms with van der Waals surface area (Å²) >= 11 is 1.76. The molecular formula is C19H25N3O2S. The minimum absolute atomic E-state index is 0.135. The summed E-state index contributed by atoms with van der Waals surface area (Å²) in [5.74, 6) is 0.363. The second kappa shape index (κ2) is 7.30. The van der Waals surface area contributed by atoms with Crippen LogP contribution >= 0.6 is 11.3 Å². The molecule has 0 aliphatic carbocycles. The van der Waals surface area contributed by atoms with Gasteiger partial charge in [-0.1, -0.05) is 17.4 Å². The van der Waals surface area contributed by atoms with E-state index in [1.165, 1.54) is 10.3 Å². The minimum atomic E-state index is 0.135. The van der Waals surface area contributed by atoms with Gasteiger partial charge in [-0.05, 0) is 50.3 Å². The maximum absolute atomic E-state index is 12.5. The van der Waals surface area contributed by atoms with E-state index in [2.05, 4.69) is 35.3 Å². The Bertz CT molecular complexity index is 746. The monoisotopic (exact) mass is 359 g/mol. The van der Waals surface area contributed by atoms with Gasteiger partial charge in [-0.2, -0.15) is 0 Å². The number of amides is 1. The maximum atomic E-state index is 12.5. The number of aromatic nitrogens is 1. The van der Waals surface area contributed by atoms with Gasteiger partial charge in [0.15, 0.2) is 5.13 Å². The Hall–Kier alpha value is -1.66. The molecule has 1 N–H and O–H groups in total. The Labute approximate surface area is 152 Å². The number of nitrogens with zero attached hydrogens (tertiary/aromatic N) is 2. The molecule has 2 fully saturated rings. The summed E-state index contributed by atoms with van der Waals surface area (Å²) in [7, 11) is 0. The molecule has 6 heteroatoms. The highest BCUT2D eigenvalue weighted by Crippen LogP contribution is 2.32. The zero-order valence-electron chi connectivity index (χ0n) is 14.7. The summed E-state index contributed by atoms with van der Waals surface area (Å²) in [5, 5.41) is 4.31. The number of hydrogen-bond donors (Lipinski definition) is 1. The molecule has 1 aromatic carbocycles. The number of piperidine rings is 1. The molecule has 0 saturated carbocycles. The zero-order chi connectivity index (χ0) is 17.2. The third kappa shape index (κ3) is 3.80. The summed E-state index contributed by atoms with van der Waals surface area (Å²) in [6.45, 7) is 5.46. The number of carbonyl (C=O) groups is 1. The van der Waals surface area contributed by atoms with E-state index in [1.54, 1.807) is 11.3 Å². The summed E-state index contributed by atoms with van der Waals surface area (Å²) in [5.41, 5.74) is 2.34. The average Bonchev–Trinajstić information content (AvgIpc) is 3.06.